The largest absolute Gasteiger partial charge is 0.491 e. The van der Waals surface area contributed by atoms with Crippen LogP contribution in [0.15, 0.2) is 42.5 Å². The molecule has 0 aliphatic heterocycles. The zero-order valence-electron chi connectivity index (χ0n) is 16.6. The highest BCUT2D eigenvalue weighted by Gasteiger charge is 2.32. The van der Waals surface area contributed by atoms with Crippen molar-refractivity contribution in [2.45, 2.75) is 58.7 Å². The third-order valence-corrected chi connectivity index (χ3v) is 4.18. The Balaban J connectivity index is 2.07. The van der Waals surface area contributed by atoms with Gasteiger partial charge in [-0.3, -0.25) is 0 Å². The molecule has 2 aromatic rings. The molecule has 0 spiro atoms. The van der Waals surface area contributed by atoms with Crippen molar-refractivity contribution in [1.82, 2.24) is 0 Å². The summed E-state index contributed by atoms with van der Waals surface area (Å²) < 4.78 is 44.8. The van der Waals surface area contributed by atoms with Gasteiger partial charge in [0, 0.05) is 12.2 Å². The summed E-state index contributed by atoms with van der Waals surface area (Å²) in [6, 6.07) is 11.8. The number of alkyl halides is 3. The molecule has 27 heavy (non-hydrogen) atoms. The minimum atomic E-state index is -4.33. The third-order valence-electron chi connectivity index (χ3n) is 4.18. The standard InChI is InChI=1S/C22H28F3NO/c1-15(2)27-18-9-6-16(7-10-18)12-13-26-20-11-8-17(22(23,24)25)14-19(20)21(3,4)5/h6-11,14-15,26H,12-13H2,1-5H3. The van der Waals surface area contributed by atoms with Gasteiger partial charge >= 0.3 is 6.18 Å². The summed E-state index contributed by atoms with van der Waals surface area (Å²) in [5.74, 6) is 0.833. The Bertz CT molecular complexity index is 744. The molecule has 0 aromatic heterocycles. The number of hydrogen-bond acceptors (Lipinski definition) is 2. The summed E-state index contributed by atoms with van der Waals surface area (Å²) >= 11 is 0. The van der Waals surface area contributed by atoms with Crippen LogP contribution in [0.2, 0.25) is 0 Å². The second kappa shape index (κ2) is 8.24. The Kier molecular flexibility index (Phi) is 6.45. The molecule has 0 unspecified atom stereocenters. The Labute approximate surface area is 159 Å². The van der Waals surface area contributed by atoms with E-state index in [2.05, 4.69) is 5.32 Å². The molecule has 0 radical (unpaired) electrons. The molecule has 148 valence electrons. The van der Waals surface area contributed by atoms with E-state index in [1.54, 1.807) is 0 Å². The quantitative estimate of drug-likeness (QED) is 0.623. The lowest BCUT2D eigenvalue weighted by molar-refractivity contribution is -0.137. The summed E-state index contributed by atoms with van der Waals surface area (Å²) in [6.45, 7) is 10.4. The zero-order valence-corrected chi connectivity index (χ0v) is 16.6. The van der Waals surface area contributed by atoms with E-state index in [1.807, 2.05) is 58.9 Å². The maximum absolute atomic E-state index is 13.0. The number of halogens is 3. The molecule has 0 saturated carbocycles. The Morgan fingerprint density at radius 3 is 2.11 bits per heavy atom. The van der Waals surface area contributed by atoms with Crippen molar-refractivity contribution in [1.29, 1.82) is 0 Å². The highest BCUT2D eigenvalue weighted by molar-refractivity contribution is 5.56. The van der Waals surface area contributed by atoms with Gasteiger partial charge in [0.25, 0.3) is 0 Å². The normalized spacial score (nSPS) is 12.3. The predicted octanol–water partition coefficient (Wildman–Crippen LogP) is 6.44. The van der Waals surface area contributed by atoms with Crippen molar-refractivity contribution in [2.24, 2.45) is 0 Å². The molecule has 2 rings (SSSR count). The summed E-state index contributed by atoms with van der Waals surface area (Å²) in [6.07, 6.45) is -3.43. The van der Waals surface area contributed by atoms with Crippen LogP contribution < -0.4 is 10.1 Å². The van der Waals surface area contributed by atoms with Gasteiger partial charge in [0.05, 0.1) is 11.7 Å². The Morgan fingerprint density at radius 2 is 1.59 bits per heavy atom. The lowest BCUT2D eigenvalue weighted by atomic mass is 9.84. The van der Waals surface area contributed by atoms with E-state index in [0.29, 0.717) is 12.1 Å². The second-order valence-electron chi connectivity index (χ2n) is 8.00. The summed E-state index contributed by atoms with van der Waals surface area (Å²) in [4.78, 5) is 0. The van der Waals surface area contributed by atoms with Crippen molar-refractivity contribution >= 4 is 5.69 Å². The molecule has 0 fully saturated rings. The lowest BCUT2D eigenvalue weighted by Crippen LogP contribution is -2.18. The summed E-state index contributed by atoms with van der Waals surface area (Å²) in [7, 11) is 0. The van der Waals surface area contributed by atoms with Crippen molar-refractivity contribution < 1.29 is 17.9 Å². The number of ether oxygens (including phenoxy) is 1. The number of rotatable bonds is 6. The predicted molar refractivity (Wildman–Crippen MR) is 105 cm³/mol. The highest BCUT2D eigenvalue weighted by atomic mass is 19.4. The van der Waals surface area contributed by atoms with Gasteiger partial charge in [-0.2, -0.15) is 13.2 Å². The van der Waals surface area contributed by atoms with Crippen molar-refractivity contribution in [3.63, 3.8) is 0 Å². The second-order valence-corrected chi connectivity index (χ2v) is 8.00. The third kappa shape index (κ3) is 6.19. The molecular formula is C22H28F3NO. The maximum Gasteiger partial charge on any atom is 0.416 e. The van der Waals surface area contributed by atoms with E-state index in [0.717, 1.165) is 29.5 Å². The fourth-order valence-electron chi connectivity index (χ4n) is 2.84. The van der Waals surface area contributed by atoms with E-state index in [1.165, 1.54) is 12.1 Å². The monoisotopic (exact) mass is 379 g/mol. The topological polar surface area (TPSA) is 21.3 Å². The van der Waals surface area contributed by atoms with Crippen LogP contribution in [0.1, 0.15) is 51.3 Å². The van der Waals surface area contributed by atoms with Gasteiger partial charge in [-0.1, -0.05) is 32.9 Å². The van der Waals surface area contributed by atoms with Gasteiger partial charge < -0.3 is 10.1 Å². The van der Waals surface area contributed by atoms with Gasteiger partial charge in [0.2, 0.25) is 0 Å². The first-order chi connectivity index (χ1) is 12.5. The van der Waals surface area contributed by atoms with Crippen LogP contribution in [0, 0.1) is 0 Å². The summed E-state index contributed by atoms with van der Waals surface area (Å²) in [5, 5.41) is 3.30. The molecule has 0 bridgehead atoms. The average molecular weight is 379 g/mol. The molecule has 2 aromatic carbocycles. The van der Waals surface area contributed by atoms with E-state index >= 15 is 0 Å². The van der Waals surface area contributed by atoms with Gasteiger partial charge in [-0.15, -0.1) is 0 Å². The fourth-order valence-corrected chi connectivity index (χ4v) is 2.84. The van der Waals surface area contributed by atoms with E-state index < -0.39 is 11.7 Å². The van der Waals surface area contributed by atoms with Crippen molar-refractivity contribution in [2.75, 3.05) is 11.9 Å². The minimum absolute atomic E-state index is 0.132. The molecule has 0 heterocycles. The molecule has 0 aliphatic rings. The van der Waals surface area contributed by atoms with Gasteiger partial charge in [-0.05, 0) is 67.1 Å². The molecule has 0 aliphatic carbocycles. The van der Waals surface area contributed by atoms with E-state index in [-0.39, 0.29) is 11.5 Å². The zero-order chi connectivity index (χ0) is 20.2. The SMILES string of the molecule is CC(C)Oc1ccc(CCNc2ccc(C(F)(F)F)cc2C(C)(C)C)cc1. The molecule has 1 N–H and O–H groups in total. The lowest BCUT2D eigenvalue weighted by Gasteiger charge is -2.25. The van der Waals surface area contributed by atoms with Gasteiger partial charge in [0.1, 0.15) is 5.75 Å². The van der Waals surface area contributed by atoms with E-state index in [9.17, 15) is 13.2 Å². The van der Waals surface area contributed by atoms with Crippen LogP contribution in [-0.4, -0.2) is 12.6 Å². The molecule has 0 amide bonds. The number of nitrogens with one attached hydrogen (secondary N) is 1. The van der Waals surface area contributed by atoms with Crippen LogP contribution in [0.25, 0.3) is 0 Å². The van der Waals surface area contributed by atoms with E-state index in [4.69, 9.17) is 4.74 Å². The maximum atomic E-state index is 13.0. The van der Waals surface area contributed by atoms with Crippen molar-refractivity contribution in [3.8, 4) is 5.75 Å². The number of hydrogen-bond donors (Lipinski definition) is 1. The molecular weight excluding hydrogens is 351 g/mol. The molecule has 0 atom stereocenters. The number of benzene rings is 2. The minimum Gasteiger partial charge on any atom is -0.491 e. The van der Waals surface area contributed by atoms with Crippen LogP contribution in [0.4, 0.5) is 18.9 Å². The molecule has 2 nitrogen and oxygen atoms in total. The average Bonchev–Trinajstić information content (AvgIpc) is 2.54. The van der Waals surface area contributed by atoms with Crippen LogP contribution in [0.3, 0.4) is 0 Å². The number of anilines is 1. The Morgan fingerprint density at radius 1 is 0.963 bits per heavy atom. The van der Waals surface area contributed by atoms with Crippen LogP contribution >= 0.6 is 0 Å². The highest BCUT2D eigenvalue weighted by Crippen LogP contribution is 2.36. The van der Waals surface area contributed by atoms with Gasteiger partial charge in [0.15, 0.2) is 0 Å². The first-order valence-electron chi connectivity index (χ1n) is 9.18. The summed E-state index contributed by atoms with van der Waals surface area (Å²) in [5.41, 5.74) is 1.55. The molecule has 5 heteroatoms. The van der Waals surface area contributed by atoms with Crippen LogP contribution in [0.5, 0.6) is 5.75 Å². The molecule has 0 saturated heterocycles. The van der Waals surface area contributed by atoms with Crippen LogP contribution in [-0.2, 0) is 18.0 Å². The smallest absolute Gasteiger partial charge is 0.416 e. The van der Waals surface area contributed by atoms with Crippen molar-refractivity contribution in [3.05, 3.63) is 59.2 Å². The Hall–Kier alpha value is -2.17. The fraction of sp³-hybridized carbons (Fsp3) is 0.455. The first kappa shape index (κ1) is 21.1. The van der Waals surface area contributed by atoms with Gasteiger partial charge in [-0.25, -0.2) is 0 Å². The first-order valence-corrected chi connectivity index (χ1v) is 9.18.